The van der Waals surface area contributed by atoms with Gasteiger partial charge < -0.3 is 5.32 Å². The number of nitrogens with zero attached hydrogens (tertiary/aromatic N) is 1. The Morgan fingerprint density at radius 2 is 1.60 bits per heavy atom. The van der Waals surface area contributed by atoms with Gasteiger partial charge >= 0.3 is 0 Å². The van der Waals surface area contributed by atoms with E-state index >= 15 is 0 Å². The van der Waals surface area contributed by atoms with Crippen LogP contribution in [0.25, 0.3) is 0 Å². The molecule has 0 bridgehead atoms. The van der Waals surface area contributed by atoms with Crippen LogP contribution in [-0.4, -0.2) is 32.9 Å². The van der Waals surface area contributed by atoms with E-state index in [0.29, 0.717) is 33.4 Å². The number of carbonyl (C=O) groups is 1. The summed E-state index contributed by atoms with van der Waals surface area (Å²) in [4.78, 5) is 12.5. The Morgan fingerprint density at radius 1 is 0.914 bits per heavy atom. The topological polar surface area (TPSA) is 66.5 Å². The van der Waals surface area contributed by atoms with Crippen LogP contribution in [0.3, 0.4) is 0 Å². The van der Waals surface area contributed by atoms with Crippen molar-refractivity contribution in [2.75, 3.05) is 22.9 Å². The van der Waals surface area contributed by atoms with Crippen LogP contribution in [-0.2, 0) is 22.3 Å². The molecule has 0 spiro atoms. The molecule has 3 aromatic rings. The summed E-state index contributed by atoms with van der Waals surface area (Å²) in [6.07, 6.45) is 1.10. The van der Waals surface area contributed by atoms with Gasteiger partial charge in [0, 0.05) is 23.6 Å². The predicted molar refractivity (Wildman–Crippen MR) is 149 cm³/mol. The highest BCUT2D eigenvalue weighted by Gasteiger charge is 2.21. The van der Waals surface area contributed by atoms with Gasteiger partial charge in [-0.2, -0.15) is 11.8 Å². The predicted octanol–water partition coefficient (Wildman–Crippen LogP) is 6.93. The molecule has 3 rings (SSSR count). The summed E-state index contributed by atoms with van der Waals surface area (Å²) in [6, 6.07) is 17.1. The fourth-order valence-electron chi connectivity index (χ4n) is 3.15. The quantitative estimate of drug-likeness (QED) is 0.260. The lowest BCUT2D eigenvalue weighted by atomic mass is 10.1. The molecule has 11 heteroatoms. The van der Waals surface area contributed by atoms with Crippen LogP contribution in [0, 0.1) is 0 Å². The lowest BCUT2D eigenvalue weighted by Crippen LogP contribution is -2.29. The number of rotatable bonds is 10. The van der Waals surface area contributed by atoms with Gasteiger partial charge in [-0.3, -0.25) is 9.10 Å². The third-order valence-corrected chi connectivity index (χ3v) is 8.63. The van der Waals surface area contributed by atoms with Gasteiger partial charge in [0.25, 0.3) is 5.91 Å². The molecular formula is C24H22Cl4N2O3S2. The molecule has 0 unspecified atom stereocenters. The molecule has 0 saturated carbocycles. The monoisotopic (exact) mass is 590 g/mol. The number of thioether (sulfide) groups is 1. The Balaban J connectivity index is 1.55. The third kappa shape index (κ3) is 7.94. The van der Waals surface area contributed by atoms with Gasteiger partial charge in [0.15, 0.2) is 0 Å². The van der Waals surface area contributed by atoms with Crippen molar-refractivity contribution in [3.63, 3.8) is 0 Å². The lowest BCUT2D eigenvalue weighted by molar-refractivity contribution is 0.0956. The minimum Gasteiger partial charge on any atom is -0.351 e. The van der Waals surface area contributed by atoms with Crippen molar-refractivity contribution in [1.29, 1.82) is 0 Å². The highest BCUT2D eigenvalue weighted by molar-refractivity contribution is 7.98. The van der Waals surface area contributed by atoms with E-state index in [1.54, 1.807) is 60.3 Å². The molecule has 35 heavy (non-hydrogen) atoms. The molecule has 186 valence electrons. The third-order valence-electron chi connectivity index (χ3n) is 4.93. The first-order valence-electron chi connectivity index (χ1n) is 10.4. The van der Waals surface area contributed by atoms with Crippen molar-refractivity contribution in [1.82, 2.24) is 5.32 Å². The molecule has 0 saturated heterocycles. The summed E-state index contributed by atoms with van der Waals surface area (Å²) in [7, 11) is -3.63. The van der Waals surface area contributed by atoms with Crippen molar-refractivity contribution in [2.45, 2.75) is 12.3 Å². The summed E-state index contributed by atoms with van der Waals surface area (Å²) in [6.45, 7) is 0.549. The van der Waals surface area contributed by atoms with E-state index in [0.717, 1.165) is 23.3 Å². The molecule has 0 aliphatic rings. The van der Waals surface area contributed by atoms with E-state index in [4.69, 9.17) is 46.4 Å². The lowest BCUT2D eigenvalue weighted by Gasteiger charge is -2.24. The van der Waals surface area contributed by atoms with Gasteiger partial charge in [-0.1, -0.05) is 70.7 Å². The van der Waals surface area contributed by atoms with E-state index < -0.39 is 10.0 Å². The average molecular weight is 592 g/mol. The standard InChI is InChI=1S/C24H22Cl4N2O3S2/c1-35(32,33)30(22-4-2-3-20(26)23(22)28)14-16-5-8-18(9-6-16)24(31)29-11-12-34-15-17-7-10-19(25)21(27)13-17/h2-10,13H,11-12,14-15H2,1H3,(H,29,31). The summed E-state index contributed by atoms with van der Waals surface area (Å²) >= 11 is 25.9. The molecule has 0 aromatic heterocycles. The van der Waals surface area contributed by atoms with Gasteiger partial charge in [0.05, 0.1) is 38.6 Å². The second-order valence-corrected chi connectivity index (χ2v) is 12.2. The van der Waals surface area contributed by atoms with Gasteiger partial charge in [-0.15, -0.1) is 0 Å². The number of hydrogen-bond acceptors (Lipinski definition) is 4. The number of hydrogen-bond donors (Lipinski definition) is 1. The fraction of sp³-hybridized carbons (Fsp3) is 0.208. The van der Waals surface area contributed by atoms with E-state index in [1.165, 1.54) is 4.31 Å². The van der Waals surface area contributed by atoms with E-state index in [9.17, 15) is 13.2 Å². The minimum atomic E-state index is -3.63. The van der Waals surface area contributed by atoms with Crippen molar-refractivity contribution in [3.8, 4) is 0 Å². The first kappa shape index (κ1) is 28.0. The molecular weight excluding hydrogens is 570 g/mol. The smallest absolute Gasteiger partial charge is 0.251 e. The average Bonchev–Trinajstić information content (AvgIpc) is 2.81. The van der Waals surface area contributed by atoms with Crippen LogP contribution in [0.2, 0.25) is 20.1 Å². The van der Waals surface area contributed by atoms with Crippen LogP contribution < -0.4 is 9.62 Å². The number of halogens is 4. The number of benzene rings is 3. The van der Waals surface area contributed by atoms with Crippen LogP contribution >= 0.6 is 58.2 Å². The summed E-state index contributed by atoms with van der Waals surface area (Å²) < 4.78 is 26.0. The largest absolute Gasteiger partial charge is 0.351 e. The zero-order chi connectivity index (χ0) is 25.6. The molecule has 3 aromatic carbocycles. The van der Waals surface area contributed by atoms with Crippen LogP contribution in [0.1, 0.15) is 21.5 Å². The van der Waals surface area contributed by atoms with E-state index in [1.807, 2.05) is 12.1 Å². The first-order valence-corrected chi connectivity index (χ1v) is 14.9. The fourth-order valence-corrected chi connectivity index (χ4v) is 5.62. The Labute approximate surface area is 229 Å². The number of nitrogens with one attached hydrogen (secondary N) is 1. The SMILES string of the molecule is CS(=O)(=O)N(Cc1ccc(C(=O)NCCSCc2ccc(Cl)c(Cl)c2)cc1)c1cccc(Cl)c1Cl. The molecule has 0 aliphatic heterocycles. The van der Waals surface area contributed by atoms with Crippen molar-refractivity contribution >= 4 is 79.8 Å². The maximum atomic E-state index is 12.5. The molecule has 0 heterocycles. The Morgan fingerprint density at radius 3 is 2.26 bits per heavy atom. The van der Waals surface area contributed by atoms with Crippen molar-refractivity contribution in [2.24, 2.45) is 0 Å². The highest BCUT2D eigenvalue weighted by Crippen LogP contribution is 2.34. The molecule has 0 fully saturated rings. The first-order chi connectivity index (χ1) is 16.6. The number of carbonyl (C=O) groups excluding carboxylic acids is 1. The number of amides is 1. The maximum Gasteiger partial charge on any atom is 0.251 e. The second kappa shape index (κ2) is 12.6. The number of anilines is 1. The van der Waals surface area contributed by atoms with Crippen LogP contribution in [0.4, 0.5) is 5.69 Å². The van der Waals surface area contributed by atoms with Gasteiger partial charge in [-0.25, -0.2) is 8.42 Å². The second-order valence-electron chi connectivity index (χ2n) is 7.60. The molecule has 1 amide bonds. The highest BCUT2D eigenvalue weighted by atomic mass is 35.5. The van der Waals surface area contributed by atoms with Crippen LogP contribution in [0.5, 0.6) is 0 Å². The summed E-state index contributed by atoms with van der Waals surface area (Å²) in [5.74, 6) is 1.28. The maximum absolute atomic E-state index is 12.5. The number of sulfonamides is 1. The zero-order valence-corrected chi connectivity index (χ0v) is 23.3. The van der Waals surface area contributed by atoms with Gasteiger partial charge in [0.1, 0.15) is 0 Å². The molecule has 5 nitrogen and oxygen atoms in total. The van der Waals surface area contributed by atoms with Crippen molar-refractivity contribution < 1.29 is 13.2 Å². The summed E-state index contributed by atoms with van der Waals surface area (Å²) in [5.41, 5.74) is 2.53. The van der Waals surface area contributed by atoms with Gasteiger partial charge in [0.2, 0.25) is 10.0 Å². The van der Waals surface area contributed by atoms with Gasteiger partial charge in [-0.05, 0) is 47.5 Å². The molecule has 1 N–H and O–H groups in total. The van der Waals surface area contributed by atoms with E-state index in [-0.39, 0.29) is 22.5 Å². The van der Waals surface area contributed by atoms with E-state index in [2.05, 4.69) is 5.32 Å². The Kier molecular flexibility index (Phi) is 10.0. The molecule has 0 aliphatic carbocycles. The Bertz CT molecular complexity index is 1300. The normalized spacial score (nSPS) is 11.3. The molecule has 0 atom stereocenters. The minimum absolute atomic E-state index is 0.0478. The zero-order valence-electron chi connectivity index (χ0n) is 18.6. The Hall–Kier alpha value is -1.61. The molecule has 0 radical (unpaired) electrons. The summed E-state index contributed by atoms with van der Waals surface area (Å²) in [5, 5.41) is 4.36. The van der Waals surface area contributed by atoms with Crippen molar-refractivity contribution in [3.05, 3.63) is 97.4 Å². The van der Waals surface area contributed by atoms with Crippen LogP contribution in [0.15, 0.2) is 60.7 Å².